The Morgan fingerprint density at radius 2 is 2.00 bits per heavy atom. The summed E-state index contributed by atoms with van der Waals surface area (Å²) in [7, 11) is 1.55. The van der Waals surface area contributed by atoms with E-state index in [1.165, 1.54) is 17.2 Å². The number of anilines is 1. The molecule has 0 unspecified atom stereocenters. The molecule has 14 nitrogen and oxygen atoms in total. The number of carbonyl (C=O) groups excluding carboxylic acids is 2. The van der Waals surface area contributed by atoms with Gasteiger partial charge in [-0.15, -0.1) is 0 Å². The molecule has 0 bridgehead atoms. The first-order valence-corrected chi connectivity index (χ1v) is 10.3. The van der Waals surface area contributed by atoms with E-state index in [0.29, 0.717) is 11.3 Å². The van der Waals surface area contributed by atoms with Crippen LogP contribution in [-0.2, 0) is 20.7 Å². The number of imidazole rings is 1. The van der Waals surface area contributed by atoms with Gasteiger partial charge in [-0.1, -0.05) is 12.1 Å². The van der Waals surface area contributed by atoms with Crippen molar-refractivity contribution in [3.63, 3.8) is 0 Å². The first-order chi connectivity index (χ1) is 16.3. The number of aliphatic hydroxyl groups excluding tert-OH is 1. The lowest BCUT2D eigenvalue weighted by atomic mass is 10.0. The number of nitrogen functional groups attached to an aromatic ring is 1. The topological polar surface area (TPSA) is 219 Å². The number of amides is 2. The lowest BCUT2D eigenvalue weighted by Crippen LogP contribution is -2.56. The Kier molecular flexibility index (Phi) is 6.56. The highest BCUT2D eigenvalue weighted by molar-refractivity contribution is 5.86. The number of nitrogens with zero attached hydrogens (tertiary/aromatic N) is 4. The van der Waals surface area contributed by atoms with Gasteiger partial charge in [0.2, 0.25) is 5.91 Å². The van der Waals surface area contributed by atoms with Gasteiger partial charge < -0.3 is 31.4 Å². The molecule has 5 atom stereocenters. The molecule has 3 heterocycles. The Labute approximate surface area is 193 Å². The van der Waals surface area contributed by atoms with Crippen LogP contribution in [0.4, 0.5) is 5.82 Å². The van der Waals surface area contributed by atoms with E-state index < -0.39 is 42.3 Å². The normalized spacial score (nSPS) is 22.9. The van der Waals surface area contributed by atoms with E-state index in [1.54, 1.807) is 31.4 Å². The number of hydrogen-bond donors (Lipinski definition) is 6. The molecule has 2 aromatic heterocycles. The number of fused-ring (bicyclic) bond motifs is 1. The van der Waals surface area contributed by atoms with Crippen LogP contribution in [0, 0.1) is 0 Å². The van der Waals surface area contributed by atoms with Crippen molar-refractivity contribution in [3.8, 4) is 5.75 Å². The predicted molar refractivity (Wildman–Crippen MR) is 119 cm³/mol. The van der Waals surface area contributed by atoms with Gasteiger partial charge in [-0.2, -0.15) is 0 Å². The molecular weight excluding hydrogens is 446 g/mol. The van der Waals surface area contributed by atoms with Crippen LogP contribution in [0.3, 0.4) is 0 Å². The predicted octanol–water partition coefficient (Wildman–Crippen LogP) is -2.28. The molecule has 2 amide bonds. The summed E-state index contributed by atoms with van der Waals surface area (Å²) in [6.45, 7) is 0. The van der Waals surface area contributed by atoms with Gasteiger partial charge in [-0.05, 0) is 24.1 Å². The second kappa shape index (κ2) is 9.56. The van der Waals surface area contributed by atoms with Gasteiger partial charge in [0.05, 0.1) is 25.5 Å². The fraction of sp³-hybridized carbons (Fsp3) is 0.350. The van der Waals surface area contributed by atoms with Crippen molar-refractivity contribution >= 4 is 28.8 Å². The number of rotatable bonds is 7. The number of carbonyl (C=O) groups is 2. The fourth-order valence-electron chi connectivity index (χ4n) is 3.81. The van der Waals surface area contributed by atoms with E-state index >= 15 is 0 Å². The average Bonchev–Trinajstić information content (AvgIpc) is 3.41. The third-order valence-electron chi connectivity index (χ3n) is 5.59. The summed E-state index contributed by atoms with van der Waals surface area (Å²) >= 11 is 0. The molecule has 180 valence electrons. The molecule has 14 heteroatoms. The van der Waals surface area contributed by atoms with Crippen molar-refractivity contribution < 1.29 is 24.2 Å². The SMILES string of the molecule is COc1ccc(C[C@H](N)C(=O)N[C@H]2[C@@H](O)[C@H](n3cnc4c(N)ncnc43)O[C@@H]2C(=O)NN)cc1. The van der Waals surface area contributed by atoms with Gasteiger partial charge in [0.15, 0.2) is 23.8 Å². The second-order valence-electron chi connectivity index (χ2n) is 7.72. The molecule has 34 heavy (non-hydrogen) atoms. The van der Waals surface area contributed by atoms with Crippen LogP contribution in [0.1, 0.15) is 11.8 Å². The van der Waals surface area contributed by atoms with Crippen molar-refractivity contribution in [1.82, 2.24) is 30.3 Å². The highest BCUT2D eigenvalue weighted by Crippen LogP contribution is 2.32. The maximum absolute atomic E-state index is 12.8. The molecular formula is C20H25N9O5. The smallest absolute Gasteiger partial charge is 0.265 e. The molecule has 1 aromatic carbocycles. The maximum Gasteiger partial charge on any atom is 0.265 e. The summed E-state index contributed by atoms with van der Waals surface area (Å²) < 4.78 is 12.3. The minimum absolute atomic E-state index is 0.141. The first-order valence-electron chi connectivity index (χ1n) is 10.3. The van der Waals surface area contributed by atoms with E-state index in [2.05, 4.69) is 20.3 Å². The quantitative estimate of drug-likeness (QED) is 0.122. The van der Waals surface area contributed by atoms with E-state index in [9.17, 15) is 14.7 Å². The summed E-state index contributed by atoms with van der Waals surface area (Å²) in [5.74, 6) is 4.78. The Bertz CT molecular complexity index is 1180. The van der Waals surface area contributed by atoms with Crippen molar-refractivity contribution in [2.75, 3.05) is 12.8 Å². The monoisotopic (exact) mass is 471 g/mol. The van der Waals surface area contributed by atoms with Crippen molar-refractivity contribution in [3.05, 3.63) is 42.5 Å². The Balaban J connectivity index is 1.53. The van der Waals surface area contributed by atoms with Crippen LogP contribution < -0.4 is 32.8 Å². The number of aliphatic hydroxyl groups is 1. The molecule has 1 aliphatic rings. The molecule has 9 N–H and O–H groups in total. The van der Waals surface area contributed by atoms with Crippen LogP contribution >= 0.6 is 0 Å². The fourth-order valence-corrected chi connectivity index (χ4v) is 3.81. The molecule has 4 rings (SSSR count). The maximum atomic E-state index is 12.8. The number of hydrogen-bond acceptors (Lipinski definition) is 11. The molecule has 3 aromatic rings. The zero-order valence-electron chi connectivity index (χ0n) is 18.2. The summed E-state index contributed by atoms with van der Waals surface area (Å²) in [4.78, 5) is 37.3. The molecule has 1 saturated heterocycles. The lowest BCUT2D eigenvalue weighted by molar-refractivity contribution is -0.135. The van der Waals surface area contributed by atoms with Gasteiger partial charge in [-0.3, -0.25) is 19.6 Å². The third-order valence-corrected chi connectivity index (χ3v) is 5.59. The summed E-state index contributed by atoms with van der Waals surface area (Å²) in [5, 5.41) is 13.6. The Morgan fingerprint density at radius 1 is 1.26 bits per heavy atom. The first kappa shape index (κ1) is 23.3. The highest BCUT2D eigenvalue weighted by Gasteiger charge is 2.49. The van der Waals surface area contributed by atoms with Gasteiger partial charge in [-0.25, -0.2) is 20.8 Å². The van der Waals surface area contributed by atoms with E-state index in [-0.39, 0.29) is 17.9 Å². The number of aromatic nitrogens is 4. The van der Waals surface area contributed by atoms with Crippen LogP contribution in [0.2, 0.25) is 0 Å². The number of nitrogens with two attached hydrogens (primary N) is 3. The van der Waals surface area contributed by atoms with Gasteiger partial charge in [0.25, 0.3) is 5.91 Å². The van der Waals surface area contributed by atoms with Crippen molar-refractivity contribution in [2.24, 2.45) is 11.6 Å². The van der Waals surface area contributed by atoms with Gasteiger partial charge >= 0.3 is 0 Å². The van der Waals surface area contributed by atoms with E-state index in [4.69, 9.17) is 26.8 Å². The number of methoxy groups -OCH3 is 1. The number of benzene rings is 1. The average molecular weight is 471 g/mol. The molecule has 1 fully saturated rings. The van der Waals surface area contributed by atoms with Crippen LogP contribution in [-0.4, -0.2) is 67.8 Å². The summed E-state index contributed by atoms with van der Waals surface area (Å²) in [6.07, 6.45) is -0.991. The highest BCUT2D eigenvalue weighted by atomic mass is 16.5. The molecule has 1 aliphatic heterocycles. The minimum atomic E-state index is -1.37. The van der Waals surface area contributed by atoms with E-state index in [1.807, 2.05) is 5.43 Å². The standard InChI is InChI=1S/C20H25N9O5/c1-33-10-4-2-9(3-5-10)6-11(21)18(31)27-12-14(30)20(34-15(12)19(32)28-23)29-8-26-13-16(22)24-7-25-17(13)29/h2-5,7-8,11-12,14-15,20,30H,6,21,23H2,1H3,(H,27,31)(H,28,32)(H2,22,24,25)/t11-,12-,14+,15-,20+/m0/s1. The number of nitrogens with one attached hydrogen (secondary N) is 2. The lowest BCUT2D eigenvalue weighted by Gasteiger charge is -2.23. The Hall–Kier alpha value is -3.85. The van der Waals surface area contributed by atoms with Crippen LogP contribution in [0.15, 0.2) is 36.9 Å². The molecule has 0 saturated carbocycles. The Morgan fingerprint density at radius 3 is 2.68 bits per heavy atom. The zero-order chi connectivity index (χ0) is 24.4. The van der Waals surface area contributed by atoms with Crippen LogP contribution in [0.5, 0.6) is 5.75 Å². The summed E-state index contributed by atoms with van der Waals surface area (Å²) in [5.41, 5.74) is 15.3. The summed E-state index contributed by atoms with van der Waals surface area (Å²) in [6, 6.07) is 4.98. The second-order valence-corrected chi connectivity index (χ2v) is 7.72. The minimum Gasteiger partial charge on any atom is -0.497 e. The van der Waals surface area contributed by atoms with E-state index in [0.717, 1.165) is 5.56 Å². The molecule has 0 spiro atoms. The number of hydrazine groups is 1. The van der Waals surface area contributed by atoms with Crippen molar-refractivity contribution in [1.29, 1.82) is 0 Å². The molecule has 0 radical (unpaired) electrons. The number of ether oxygens (including phenoxy) is 2. The van der Waals surface area contributed by atoms with Crippen molar-refractivity contribution in [2.45, 2.75) is 36.9 Å². The van der Waals surface area contributed by atoms with Gasteiger partial charge in [0, 0.05) is 0 Å². The third kappa shape index (κ3) is 4.34. The van der Waals surface area contributed by atoms with Gasteiger partial charge in [0.1, 0.15) is 23.7 Å². The zero-order valence-corrected chi connectivity index (χ0v) is 18.2. The largest absolute Gasteiger partial charge is 0.497 e. The molecule has 0 aliphatic carbocycles. The van der Waals surface area contributed by atoms with Crippen LogP contribution in [0.25, 0.3) is 11.2 Å².